The highest BCUT2D eigenvalue weighted by molar-refractivity contribution is 5.97. The third-order valence-electron chi connectivity index (χ3n) is 2.75. The minimum atomic E-state index is -0.0845. The summed E-state index contributed by atoms with van der Waals surface area (Å²) in [4.78, 5) is 12.0. The molecule has 3 N–H and O–H groups in total. The fourth-order valence-electron chi connectivity index (χ4n) is 1.89. The summed E-state index contributed by atoms with van der Waals surface area (Å²) >= 11 is 0. The topological polar surface area (TPSA) is 69.8 Å². The molecule has 0 radical (unpaired) electrons. The van der Waals surface area contributed by atoms with Gasteiger partial charge in [0.15, 0.2) is 0 Å². The van der Waals surface area contributed by atoms with Crippen molar-refractivity contribution in [3.63, 3.8) is 0 Å². The summed E-state index contributed by atoms with van der Waals surface area (Å²) in [6.07, 6.45) is 5.80. The largest absolute Gasteiger partial charge is 0.385 e. The van der Waals surface area contributed by atoms with Crippen molar-refractivity contribution < 1.29 is 4.79 Å². The Hall–Kier alpha value is -1.52. The van der Waals surface area contributed by atoms with Gasteiger partial charge >= 0.3 is 0 Å². The first-order valence-corrected chi connectivity index (χ1v) is 6.24. The van der Waals surface area contributed by atoms with Gasteiger partial charge in [-0.3, -0.25) is 9.89 Å². The van der Waals surface area contributed by atoms with Crippen LogP contribution >= 0.6 is 0 Å². The molecule has 1 rings (SSSR count). The number of amides is 1. The number of nitrogens with one attached hydrogen (secondary N) is 3. The molecular formula is C12H22N4O. The van der Waals surface area contributed by atoms with Crippen molar-refractivity contribution in [3.05, 3.63) is 11.9 Å². The summed E-state index contributed by atoms with van der Waals surface area (Å²) in [6.45, 7) is 4.26. The molecule has 1 heterocycles. The Morgan fingerprint density at radius 2 is 2.06 bits per heavy atom. The van der Waals surface area contributed by atoms with E-state index in [1.54, 1.807) is 13.2 Å². The van der Waals surface area contributed by atoms with Gasteiger partial charge in [0, 0.05) is 13.1 Å². The molecule has 0 fully saturated rings. The molecule has 0 atom stereocenters. The highest BCUT2D eigenvalue weighted by atomic mass is 16.2. The van der Waals surface area contributed by atoms with E-state index in [0.29, 0.717) is 5.69 Å². The number of anilines is 1. The Kier molecular flexibility index (Phi) is 5.52. The monoisotopic (exact) mass is 238 g/mol. The smallest absolute Gasteiger partial charge is 0.271 e. The molecule has 0 saturated carbocycles. The van der Waals surface area contributed by atoms with Gasteiger partial charge in [0.2, 0.25) is 0 Å². The number of aromatic amines is 1. The maximum Gasteiger partial charge on any atom is 0.271 e. The van der Waals surface area contributed by atoms with Crippen molar-refractivity contribution in [3.8, 4) is 0 Å². The number of rotatable bonds is 7. The van der Waals surface area contributed by atoms with Crippen molar-refractivity contribution >= 4 is 11.6 Å². The Morgan fingerprint density at radius 3 is 2.59 bits per heavy atom. The lowest BCUT2D eigenvalue weighted by molar-refractivity contribution is 0.0928. The van der Waals surface area contributed by atoms with Crippen LogP contribution in [-0.2, 0) is 0 Å². The van der Waals surface area contributed by atoms with Gasteiger partial charge in [0.05, 0.1) is 11.9 Å². The Bertz CT molecular complexity index is 342. The van der Waals surface area contributed by atoms with Crippen LogP contribution in [0.2, 0.25) is 0 Å². The maximum atomic E-state index is 12.0. The van der Waals surface area contributed by atoms with Crippen LogP contribution in [0, 0.1) is 0 Å². The van der Waals surface area contributed by atoms with E-state index in [-0.39, 0.29) is 11.9 Å². The van der Waals surface area contributed by atoms with Crippen molar-refractivity contribution in [2.45, 2.75) is 45.6 Å². The zero-order valence-electron chi connectivity index (χ0n) is 10.8. The zero-order valence-corrected chi connectivity index (χ0v) is 10.8. The molecule has 5 nitrogen and oxygen atoms in total. The number of H-pyrrole nitrogens is 1. The van der Waals surface area contributed by atoms with E-state index in [9.17, 15) is 4.79 Å². The summed E-state index contributed by atoms with van der Waals surface area (Å²) in [7, 11) is 1.78. The normalized spacial score (nSPS) is 10.6. The average molecular weight is 238 g/mol. The number of carbonyl (C=O) groups is 1. The van der Waals surface area contributed by atoms with E-state index in [0.717, 1.165) is 31.4 Å². The second-order valence-electron chi connectivity index (χ2n) is 4.16. The summed E-state index contributed by atoms with van der Waals surface area (Å²) in [5, 5.41) is 12.6. The van der Waals surface area contributed by atoms with Crippen molar-refractivity contribution in [2.75, 3.05) is 12.4 Å². The molecule has 1 aromatic rings. The SMILES string of the molecule is CCCC(CCC)NC(=O)c1[nH]ncc1NC. The van der Waals surface area contributed by atoms with Crippen LogP contribution in [0.4, 0.5) is 5.69 Å². The van der Waals surface area contributed by atoms with Gasteiger partial charge in [0.1, 0.15) is 5.69 Å². The third-order valence-corrected chi connectivity index (χ3v) is 2.75. The highest BCUT2D eigenvalue weighted by Crippen LogP contribution is 2.12. The molecule has 0 aliphatic rings. The van der Waals surface area contributed by atoms with Gasteiger partial charge in [-0.15, -0.1) is 0 Å². The van der Waals surface area contributed by atoms with Crippen LogP contribution in [0.3, 0.4) is 0 Å². The third kappa shape index (κ3) is 3.76. The summed E-state index contributed by atoms with van der Waals surface area (Å²) in [5.74, 6) is -0.0845. The van der Waals surface area contributed by atoms with Gasteiger partial charge in [-0.05, 0) is 12.8 Å². The average Bonchev–Trinajstić information content (AvgIpc) is 2.77. The van der Waals surface area contributed by atoms with Gasteiger partial charge < -0.3 is 10.6 Å². The van der Waals surface area contributed by atoms with Crippen molar-refractivity contribution in [2.24, 2.45) is 0 Å². The molecule has 96 valence electrons. The zero-order chi connectivity index (χ0) is 12.7. The van der Waals surface area contributed by atoms with Crippen molar-refractivity contribution in [1.82, 2.24) is 15.5 Å². The summed E-state index contributed by atoms with van der Waals surface area (Å²) in [5.41, 5.74) is 1.24. The molecule has 0 unspecified atom stereocenters. The van der Waals surface area contributed by atoms with E-state index in [1.165, 1.54) is 0 Å². The molecule has 5 heteroatoms. The number of hydrogen-bond acceptors (Lipinski definition) is 3. The summed E-state index contributed by atoms with van der Waals surface area (Å²) < 4.78 is 0. The molecule has 17 heavy (non-hydrogen) atoms. The van der Waals surface area contributed by atoms with Crippen LogP contribution in [0.1, 0.15) is 50.0 Å². The lowest BCUT2D eigenvalue weighted by atomic mass is 10.1. The predicted molar refractivity (Wildman–Crippen MR) is 69.2 cm³/mol. The summed E-state index contributed by atoms with van der Waals surface area (Å²) in [6, 6.07) is 0.255. The molecule has 0 bridgehead atoms. The lowest BCUT2D eigenvalue weighted by Gasteiger charge is -2.17. The Morgan fingerprint density at radius 1 is 1.41 bits per heavy atom. The molecule has 1 amide bonds. The van der Waals surface area contributed by atoms with Crippen molar-refractivity contribution in [1.29, 1.82) is 0 Å². The molecule has 0 aliphatic heterocycles. The van der Waals surface area contributed by atoms with Gasteiger partial charge in [-0.25, -0.2) is 0 Å². The fraction of sp³-hybridized carbons (Fsp3) is 0.667. The highest BCUT2D eigenvalue weighted by Gasteiger charge is 2.16. The quantitative estimate of drug-likeness (QED) is 0.681. The van der Waals surface area contributed by atoms with E-state index >= 15 is 0 Å². The second-order valence-corrected chi connectivity index (χ2v) is 4.16. The first kappa shape index (κ1) is 13.5. The minimum Gasteiger partial charge on any atom is -0.385 e. The lowest BCUT2D eigenvalue weighted by Crippen LogP contribution is -2.35. The van der Waals surface area contributed by atoms with E-state index in [4.69, 9.17) is 0 Å². The van der Waals surface area contributed by atoms with Gasteiger partial charge in [-0.1, -0.05) is 26.7 Å². The maximum absolute atomic E-state index is 12.0. The Balaban J connectivity index is 2.63. The van der Waals surface area contributed by atoms with Crippen LogP contribution in [0.5, 0.6) is 0 Å². The first-order valence-electron chi connectivity index (χ1n) is 6.24. The Labute approximate surface area is 102 Å². The van der Waals surface area contributed by atoms with E-state index < -0.39 is 0 Å². The fourth-order valence-corrected chi connectivity index (χ4v) is 1.89. The predicted octanol–water partition coefficient (Wildman–Crippen LogP) is 2.15. The number of aromatic nitrogens is 2. The molecule has 0 aliphatic carbocycles. The molecular weight excluding hydrogens is 216 g/mol. The van der Waals surface area contributed by atoms with E-state index in [2.05, 4.69) is 34.7 Å². The number of carbonyl (C=O) groups excluding carboxylic acids is 1. The number of nitrogens with zero attached hydrogens (tertiary/aromatic N) is 1. The van der Waals surface area contributed by atoms with Crippen LogP contribution in [-0.4, -0.2) is 29.2 Å². The second kappa shape index (κ2) is 6.93. The first-order chi connectivity index (χ1) is 8.22. The van der Waals surface area contributed by atoms with Crippen LogP contribution in [0.15, 0.2) is 6.20 Å². The van der Waals surface area contributed by atoms with Crippen LogP contribution < -0.4 is 10.6 Å². The molecule has 1 aromatic heterocycles. The minimum absolute atomic E-state index is 0.0845. The molecule has 0 aromatic carbocycles. The molecule has 0 saturated heterocycles. The molecule has 0 spiro atoms. The van der Waals surface area contributed by atoms with E-state index in [1.807, 2.05) is 0 Å². The van der Waals surface area contributed by atoms with Crippen LogP contribution in [0.25, 0.3) is 0 Å². The van der Waals surface area contributed by atoms with Gasteiger partial charge in [0.25, 0.3) is 5.91 Å². The number of hydrogen-bond donors (Lipinski definition) is 3. The standard InChI is InChI=1S/C12H22N4O/c1-4-6-9(7-5-2)15-12(17)11-10(13-3)8-14-16-11/h8-9,13H,4-7H2,1-3H3,(H,14,16)(H,15,17). The van der Waals surface area contributed by atoms with Gasteiger partial charge in [-0.2, -0.15) is 5.10 Å².